The molecule has 0 aliphatic heterocycles. The Morgan fingerprint density at radius 1 is 1.45 bits per heavy atom. The molecule has 9 heteroatoms. The van der Waals surface area contributed by atoms with Gasteiger partial charge in [-0.3, -0.25) is 9.69 Å². The van der Waals surface area contributed by atoms with Crippen LogP contribution in [-0.4, -0.2) is 64.5 Å². The average molecular weight is 474 g/mol. The quantitative estimate of drug-likeness (QED) is 0.224. The minimum Gasteiger partial charge on any atom is -0.457 e. The lowest BCUT2D eigenvalue weighted by molar-refractivity contribution is 0.00995. The van der Waals surface area contributed by atoms with E-state index in [9.17, 15) is 14.7 Å². The van der Waals surface area contributed by atoms with Crippen molar-refractivity contribution in [1.82, 2.24) is 14.9 Å². The Kier molecular flexibility index (Phi) is 9.21. The second-order valence-electron chi connectivity index (χ2n) is 8.23. The van der Waals surface area contributed by atoms with Gasteiger partial charge in [0.2, 0.25) is 0 Å². The molecule has 0 bridgehead atoms. The van der Waals surface area contributed by atoms with E-state index in [1.807, 2.05) is 0 Å². The van der Waals surface area contributed by atoms with Gasteiger partial charge in [0, 0.05) is 12.6 Å². The van der Waals surface area contributed by atoms with Gasteiger partial charge in [0.15, 0.2) is 0 Å². The number of carbonyl (C=O) groups excluding carboxylic acids is 1. The number of aliphatic hydroxyl groups is 1. The maximum atomic E-state index is 12.9. The SMILES string of the molecule is C#CCOCC(O)CN(Cc1nc2sc(C(=O)OCC=C)c(C)c2c(=O)[nH]1)C1CCCCC1. The van der Waals surface area contributed by atoms with Crippen LogP contribution in [0.1, 0.15) is 53.2 Å². The predicted molar refractivity (Wildman–Crippen MR) is 128 cm³/mol. The highest BCUT2D eigenvalue weighted by Gasteiger charge is 2.25. The number of ether oxygens (including phenoxy) is 2. The summed E-state index contributed by atoms with van der Waals surface area (Å²) in [6.07, 6.45) is 11.5. The molecule has 0 amide bonds. The van der Waals surface area contributed by atoms with Crippen LogP contribution < -0.4 is 5.56 Å². The first-order valence-corrected chi connectivity index (χ1v) is 12.0. The Morgan fingerprint density at radius 3 is 2.91 bits per heavy atom. The van der Waals surface area contributed by atoms with E-state index in [1.54, 1.807) is 6.92 Å². The summed E-state index contributed by atoms with van der Waals surface area (Å²) in [5, 5.41) is 10.9. The topological polar surface area (TPSA) is 105 Å². The second-order valence-corrected chi connectivity index (χ2v) is 9.23. The van der Waals surface area contributed by atoms with Gasteiger partial charge in [-0.25, -0.2) is 9.78 Å². The Morgan fingerprint density at radius 2 is 2.21 bits per heavy atom. The van der Waals surface area contributed by atoms with Crippen LogP contribution in [0.4, 0.5) is 0 Å². The second kappa shape index (κ2) is 12.1. The van der Waals surface area contributed by atoms with Crippen LogP contribution in [0.5, 0.6) is 0 Å². The van der Waals surface area contributed by atoms with Crippen LogP contribution >= 0.6 is 11.3 Å². The first-order valence-electron chi connectivity index (χ1n) is 11.2. The molecule has 2 heterocycles. The molecule has 178 valence electrons. The molecule has 0 radical (unpaired) electrons. The normalized spacial score (nSPS) is 15.5. The summed E-state index contributed by atoms with van der Waals surface area (Å²) in [6, 6.07) is 0.288. The van der Waals surface area contributed by atoms with Gasteiger partial charge in [-0.1, -0.05) is 37.8 Å². The van der Waals surface area contributed by atoms with Crippen molar-refractivity contribution in [3.8, 4) is 12.3 Å². The number of H-pyrrole nitrogens is 1. The monoisotopic (exact) mass is 473 g/mol. The Bertz CT molecular complexity index is 1060. The Labute approximate surface area is 197 Å². The fourth-order valence-electron chi connectivity index (χ4n) is 4.22. The fraction of sp³-hybridized carbons (Fsp3) is 0.542. The number of carbonyl (C=O) groups is 1. The van der Waals surface area contributed by atoms with Crippen molar-refractivity contribution in [2.75, 3.05) is 26.4 Å². The molecule has 0 spiro atoms. The minimum atomic E-state index is -0.703. The van der Waals surface area contributed by atoms with Gasteiger partial charge in [-0.15, -0.1) is 17.8 Å². The number of nitrogens with zero attached hydrogens (tertiary/aromatic N) is 2. The molecule has 1 fully saturated rings. The van der Waals surface area contributed by atoms with Crippen molar-refractivity contribution in [3.05, 3.63) is 39.3 Å². The van der Waals surface area contributed by atoms with Crippen LogP contribution in [0.15, 0.2) is 17.4 Å². The molecule has 3 rings (SSSR count). The van der Waals surface area contributed by atoms with Crippen LogP contribution in [0.2, 0.25) is 0 Å². The summed E-state index contributed by atoms with van der Waals surface area (Å²) < 4.78 is 10.4. The van der Waals surface area contributed by atoms with E-state index >= 15 is 0 Å². The molecule has 2 aromatic heterocycles. The van der Waals surface area contributed by atoms with Gasteiger partial charge in [0.25, 0.3) is 5.56 Å². The third-order valence-corrected chi connectivity index (χ3v) is 6.92. The van der Waals surface area contributed by atoms with Crippen LogP contribution in [-0.2, 0) is 16.0 Å². The molecule has 1 unspecified atom stereocenters. The van der Waals surface area contributed by atoms with Crippen LogP contribution in [0.25, 0.3) is 10.2 Å². The van der Waals surface area contributed by atoms with E-state index in [1.165, 1.54) is 12.5 Å². The minimum absolute atomic E-state index is 0.102. The van der Waals surface area contributed by atoms with Crippen LogP contribution in [0, 0.1) is 19.3 Å². The summed E-state index contributed by atoms with van der Waals surface area (Å²) in [5.41, 5.74) is 0.280. The first kappa shape index (κ1) is 25.1. The van der Waals surface area contributed by atoms with E-state index in [0.29, 0.717) is 39.6 Å². The molecule has 0 saturated heterocycles. The zero-order valence-corrected chi connectivity index (χ0v) is 19.8. The molecule has 1 aliphatic rings. The van der Waals surface area contributed by atoms with Gasteiger partial charge < -0.3 is 19.6 Å². The van der Waals surface area contributed by atoms with Crippen molar-refractivity contribution in [2.24, 2.45) is 0 Å². The number of hydrogen-bond acceptors (Lipinski definition) is 8. The summed E-state index contributed by atoms with van der Waals surface area (Å²) >= 11 is 1.15. The van der Waals surface area contributed by atoms with E-state index in [0.717, 1.165) is 37.0 Å². The maximum Gasteiger partial charge on any atom is 0.348 e. The molecular weight excluding hydrogens is 442 g/mol. The zero-order valence-electron chi connectivity index (χ0n) is 19.0. The maximum absolute atomic E-state index is 12.9. The van der Waals surface area contributed by atoms with Crippen molar-refractivity contribution in [3.63, 3.8) is 0 Å². The lowest BCUT2D eigenvalue weighted by Crippen LogP contribution is -2.43. The van der Waals surface area contributed by atoms with E-state index in [4.69, 9.17) is 15.9 Å². The summed E-state index contributed by atoms with van der Waals surface area (Å²) in [6.45, 7) is 6.45. The number of hydrogen-bond donors (Lipinski definition) is 2. The molecule has 33 heavy (non-hydrogen) atoms. The average Bonchev–Trinajstić information content (AvgIpc) is 3.14. The highest BCUT2D eigenvalue weighted by Crippen LogP contribution is 2.28. The molecule has 2 N–H and O–H groups in total. The number of aromatic amines is 1. The van der Waals surface area contributed by atoms with E-state index in [-0.39, 0.29) is 31.4 Å². The highest BCUT2D eigenvalue weighted by atomic mass is 32.1. The molecule has 8 nitrogen and oxygen atoms in total. The molecule has 1 saturated carbocycles. The zero-order chi connectivity index (χ0) is 23.8. The van der Waals surface area contributed by atoms with Gasteiger partial charge in [-0.2, -0.15) is 0 Å². The third kappa shape index (κ3) is 6.51. The molecule has 2 aromatic rings. The number of aromatic nitrogens is 2. The van der Waals surface area contributed by atoms with Crippen LogP contribution in [0.3, 0.4) is 0 Å². The van der Waals surface area contributed by atoms with Crippen molar-refractivity contribution >= 4 is 27.5 Å². The standard InChI is InChI=1S/C24H31N3O5S/c1-4-11-31-15-18(28)13-27(17-9-7-6-8-10-17)14-19-25-22(29)20-16(3)21(33-23(20)26-19)24(30)32-12-5-2/h1,5,17-18,28H,2,6-15H2,3H3,(H,25,26,29). The van der Waals surface area contributed by atoms with Crippen molar-refractivity contribution < 1.29 is 19.4 Å². The number of aryl methyl sites for hydroxylation is 1. The first-order chi connectivity index (χ1) is 15.9. The van der Waals surface area contributed by atoms with Gasteiger partial charge >= 0.3 is 5.97 Å². The smallest absolute Gasteiger partial charge is 0.348 e. The number of esters is 1. The number of rotatable bonds is 11. The molecule has 1 atom stereocenters. The van der Waals surface area contributed by atoms with Gasteiger partial charge in [-0.05, 0) is 25.3 Å². The van der Waals surface area contributed by atoms with E-state index < -0.39 is 12.1 Å². The number of thiophene rings is 1. The molecule has 0 aromatic carbocycles. The Balaban J connectivity index is 1.83. The number of terminal acetylenes is 1. The van der Waals surface area contributed by atoms with Crippen molar-refractivity contribution in [1.29, 1.82) is 0 Å². The summed E-state index contributed by atoms with van der Waals surface area (Å²) in [4.78, 5) is 35.8. The summed E-state index contributed by atoms with van der Waals surface area (Å²) in [5.74, 6) is 2.41. The Hall–Kier alpha value is -2.51. The molecular formula is C24H31N3O5S. The lowest BCUT2D eigenvalue weighted by atomic mass is 9.94. The van der Waals surface area contributed by atoms with Crippen molar-refractivity contribution in [2.45, 2.75) is 57.7 Å². The number of nitrogens with one attached hydrogen (secondary N) is 1. The predicted octanol–water partition coefficient (Wildman–Crippen LogP) is 2.78. The number of aliphatic hydroxyl groups excluding tert-OH is 1. The summed E-state index contributed by atoms with van der Waals surface area (Å²) in [7, 11) is 0. The molecule has 1 aliphatic carbocycles. The fourth-order valence-corrected chi connectivity index (χ4v) is 5.31. The van der Waals surface area contributed by atoms with Gasteiger partial charge in [0.05, 0.1) is 24.6 Å². The lowest BCUT2D eigenvalue weighted by Gasteiger charge is -2.35. The van der Waals surface area contributed by atoms with Gasteiger partial charge in [0.1, 0.15) is 28.7 Å². The number of fused-ring (bicyclic) bond motifs is 1. The largest absolute Gasteiger partial charge is 0.457 e. The highest BCUT2D eigenvalue weighted by molar-refractivity contribution is 7.20. The third-order valence-electron chi connectivity index (χ3n) is 5.75. The van der Waals surface area contributed by atoms with E-state index in [2.05, 4.69) is 27.4 Å².